The van der Waals surface area contributed by atoms with E-state index in [1.165, 1.54) is 0 Å². The van der Waals surface area contributed by atoms with Gasteiger partial charge in [-0.05, 0) is 6.92 Å². The molecule has 3 rings (SSSR count). The van der Waals surface area contributed by atoms with Gasteiger partial charge in [0.1, 0.15) is 11.5 Å². The number of nitrogens with zero attached hydrogens (tertiary/aromatic N) is 5. The minimum absolute atomic E-state index is 0.256. The van der Waals surface area contributed by atoms with Crippen LogP contribution in [0.5, 0.6) is 0 Å². The second-order valence-electron chi connectivity index (χ2n) is 4.62. The van der Waals surface area contributed by atoms with Crippen LogP contribution in [0.3, 0.4) is 0 Å². The molecule has 0 aliphatic carbocycles. The molecule has 1 N–H and O–H groups in total. The number of hydrogen-bond donors (Lipinski definition) is 1. The van der Waals surface area contributed by atoms with Crippen molar-refractivity contribution in [1.82, 2.24) is 25.1 Å². The summed E-state index contributed by atoms with van der Waals surface area (Å²) in [6.07, 6.45) is 0. The van der Waals surface area contributed by atoms with Gasteiger partial charge in [0.15, 0.2) is 11.0 Å². The molecular weight excluding hydrogens is 248 g/mol. The fraction of sp³-hybridized carbons (Fsp3) is 0.545. The van der Waals surface area contributed by atoms with Crippen molar-refractivity contribution in [2.24, 2.45) is 0 Å². The van der Waals surface area contributed by atoms with E-state index >= 15 is 0 Å². The molecule has 0 radical (unpaired) electrons. The molecule has 0 unspecified atom stereocenters. The number of anilines is 1. The first-order chi connectivity index (χ1) is 8.66. The topological polar surface area (TPSA) is 58.9 Å². The average molecular weight is 264 g/mol. The highest BCUT2D eigenvalue weighted by molar-refractivity contribution is 7.14. The largest absolute Gasteiger partial charge is 0.354 e. The van der Waals surface area contributed by atoms with Crippen molar-refractivity contribution < 1.29 is 0 Å². The number of aromatic nitrogens is 4. The van der Waals surface area contributed by atoms with Crippen LogP contribution in [0.2, 0.25) is 0 Å². The Bertz CT molecular complexity index is 558. The summed E-state index contributed by atoms with van der Waals surface area (Å²) in [5, 5.41) is 15.0. The predicted octanol–water partition coefficient (Wildman–Crippen LogP) is 1.13. The highest BCUT2D eigenvalue weighted by Crippen LogP contribution is 2.27. The molecule has 0 bridgehead atoms. The van der Waals surface area contributed by atoms with Gasteiger partial charge < -0.3 is 14.8 Å². The Morgan fingerprint density at radius 1 is 1.44 bits per heavy atom. The summed E-state index contributed by atoms with van der Waals surface area (Å²) >= 11 is 1.63. The molecule has 3 heterocycles. The molecule has 6 nitrogen and oxygen atoms in total. The molecule has 0 spiro atoms. The molecule has 0 saturated heterocycles. The van der Waals surface area contributed by atoms with Gasteiger partial charge in [-0.2, -0.15) is 0 Å². The van der Waals surface area contributed by atoms with Crippen LogP contribution in [0.15, 0.2) is 5.38 Å². The molecule has 96 valence electrons. The SMILES string of the molecule is C[C@H]1NCCn2c(-c3csc(N(C)C)n3)nnc21. The summed E-state index contributed by atoms with van der Waals surface area (Å²) in [6.45, 7) is 3.95. The second-order valence-corrected chi connectivity index (χ2v) is 5.46. The van der Waals surface area contributed by atoms with Gasteiger partial charge in [-0.25, -0.2) is 4.98 Å². The van der Waals surface area contributed by atoms with Gasteiger partial charge in [-0.1, -0.05) is 0 Å². The quantitative estimate of drug-likeness (QED) is 0.881. The summed E-state index contributed by atoms with van der Waals surface area (Å²) in [5.74, 6) is 1.87. The van der Waals surface area contributed by atoms with E-state index in [1.54, 1.807) is 11.3 Å². The number of thiazole rings is 1. The van der Waals surface area contributed by atoms with Crippen molar-refractivity contribution in [2.45, 2.75) is 19.5 Å². The molecule has 1 aliphatic heterocycles. The number of nitrogens with one attached hydrogen (secondary N) is 1. The molecule has 0 amide bonds. The van der Waals surface area contributed by atoms with Crippen molar-refractivity contribution in [2.75, 3.05) is 25.5 Å². The van der Waals surface area contributed by atoms with E-state index in [-0.39, 0.29) is 6.04 Å². The van der Waals surface area contributed by atoms with Crippen molar-refractivity contribution in [3.05, 3.63) is 11.2 Å². The van der Waals surface area contributed by atoms with Crippen LogP contribution >= 0.6 is 11.3 Å². The lowest BCUT2D eigenvalue weighted by atomic mass is 10.2. The first kappa shape index (κ1) is 11.6. The minimum Gasteiger partial charge on any atom is -0.354 e. The summed E-state index contributed by atoms with van der Waals surface area (Å²) < 4.78 is 2.16. The highest BCUT2D eigenvalue weighted by atomic mass is 32.1. The molecule has 2 aromatic rings. The zero-order chi connectivity index (χ0) is 12.7. The molecule has 7 heteroatoms. The third-order valence-corrected chi connectivity index (χ3v) is 4.06. The maximum absolute atomic E-state index is 4.59. The maximum atomic E-state index is 4.59. The first-order valence-corrected chi connectivity index (χ1v) is 6.84. The normalized spacial score (nSPS) is 18.7. The molecule has 1 atom stereocenters. The van der Waals surface area contributed by atoms with Gasteiger partial charge in [-0.15, -0.1) is 21.5 Å². The molecule has 18 heavy (non-hydrogen) atoms. The number of hydrogen-bond acceptors (Lipinski definition) is 6. The Labute approximate surface area is 110 Å². The summed E-state index contributed by atoms with van der Waals surface area (Å²) in [5.41, 5.74) is 0.913. The number of rotatable bonds is 2. The van der Waals surface area contributed by atoms with Crippen molar-refractivity contribution in [1.29, 1.82) is 0 Å². The monoisotopic (exact) mass is 264 g/mol. The van der Waals surface area contributed by atoms with Crippen LogP contribution in [0.4, 0.5) is 5.13 Å². The first-order valence-electron chi connectivity index (χ1n) is 5.96. The minimum atomic E-state index is 0.256. The van der Waals surface area contributed by atoms with E-state index in [0.717, 1.165) is 35.6 Å². The van der Waals surface area contributed by atoms with E-state index in [4.69, 9.17) is 0 Å². The Hall–Kier alpha value is -1.47. The van der Waals surface area contributed by atoms with Gasteiger partial charge in [0, 0.05) is 32.6 Å². The second kappa shape index (κ2) is 4.33. The van der Waals surface area contributed by atoms with Crippen molar-refractivity contribution in [3.8, 4) is 11.5 Å². The molecule has 0 aromatic carbocycles. The van der Waals surface area contributed by atoms with Crippen LogP contribution in [-0.4, -0.2) is 40.4 Å². The van der Waals surface area contributed by atoms with E-state index in [9.17, 15) is 0 Å². The zero-order valence-electron chi connectivity index (χ0n) is 10.7. The molecule has 2 aromatic heterocycles. The van der Waals surface area contributed by atoms with Crippen LogP contribution in [0, 0.1) is 0 Å². The molecular formula is C11H16N6S. The van der Waals surface area contributed by atoms with Gasteiger partial charge in [0.2, 0.25) is 0 Å². The standard InChI is InChI=1S/C11H16N6S/c1-7-9-14-15-10(17(9)5-4-12-7)8-6-18-11(13-8)16(2)3/h6-7,12H,4-5H2,1-3H3/t7-/m1/s1. The lowest BCUT2D eigenvalue weighted by Crippen LogP contribution is -2.32. The third-order valence-electron chi connectivity index (χ3n) is 3.06. The molecule has 0 saturated carbocycles. The third kappa shape index (κ3) is 1.79. The Morgan fingerprint density at radius 3 is 3.00 bits per heavy atom. The average Bonchev–Trinajstić information content (AvgIpc) is 2.94. The van der Waals surface area contributed by atoms with Gasteiger partial charge >= 0.3 is 0 Å². The van der Waals surface area contributed by atoms with Gasteiger partial charge in [-0.3, -0.25) is 0 Å². The highest BCUT2D eigenvalue weighted by Gasteiger charge is 2.23. The summed E-state index contributed by atoms with van der Waals surface area (Å²) in [7, 11) is 3.99. The lowest BCUT2D eigenvalue weighted by molar-refractivity contribution is 0.439. The summed E-state index contributed by atoms with van der Waals surface area (Å²) in [4.78, 5) is 6.59. The fourth-order valence-electron chi connectivity index (χ4n) is 2.10. The van der Waals surface area contributed by atoms with Crippen molar-refractivity contribution in [3.63, 3.8) is 0 Å². The van der Waals surface area contributed by atoms with Crippen LogP contribution in [0.1, 0.15) is 18.8 Å². The lowest BCUT2D eigenvalue weighted by Gasteiger charge is -2.21. The van der Waals surface area contributed by atoms with Crippen molar-refractivity contribution >= 4 is 16.5 Å². The van der Waals surface area contributed by atoms with Crippen LogP contribution in [0.25, 0.3) is 11.5 Å². The number of fused-ring (bicyclic) bond motifs is 1. The van der Waals surface area contributed by atoms with E-state index in [1.807, 2.05) is 24.4 Å². The smallest absolute Gasteiger partial charge is 0.185 e. The zero-order valence-corrected chi connectivity index (χ0v) is 11.5. The van der Waals surface area contributed by atoms with Gasteiger partial charge in [0.25, 0.3) is 0 Å². The predicted molar refractivity (Wildman–Crippen MR) is 71.9 cm³/mol. The Morgan fingerprint density at radius 2 is 2.28 bits per heavy atom. The summed E-state index contributed by atoms with van der Waals surface area (Å²) in [6, 6.07) is 0.256. The maximum Gasteiger partial charge on any atom is 0.185 e. The molecule has 0 fully saturated rings. The van der Waals surface area contributed by atoms with E-state index < -0.39 is 0 Å². The Kier molecular flexibility index (Phi) is 2.79. The Balaban J connectivity index is 2.01. The van der Waals surface area contributed by atoms with Crippen LogP contribution < -0.4 is 10.2 Å². The van der Waals surface area contributed by atoms with E-state index in [0.29, 0.717) is 0 Å². The van der Waals surface area contributed by atoms with Gasteiger partial charge in [0.05, 0.1) is 6.04 Å². The van der Waals surface area contributed by atoms with E-state index in [2.05, 4.69) is 32.0 Å². The van der Waals surface area contributed by atoms with Crippen LogP contribution in [-0.2, 0) is 6.54 Å². The fourth-order valence-corrected chi connectivity index (χ4v) is 2.84. The molecule has 1 aliphatic rings.